The zero-order valence-corrected chi connectivity index (χ0v) is 27.7. The average molecular weight is 664 g/mol. The topological polar surface area (TPSA) is 135 Å². The summed E-state index contributed by atoms with van der Waals surface area (Å²) in [4.78, 5) is 40.3. The van der Waals surface area contributed by atoms with Gasteiger partial charge in [-0.1, -0.05) is 45.2 Å². The Hall–Kier alpha value is -3.84. The second-order valence-electron chi connectivity index (χ2n) is 13.4. The number of anilines is 1. The Labute approximate surface area is 274 Å². The van der Waals surface area contributed by atoms with Crippen molar-refractivity contribution in [2.75, 3.05) is 31.6 Å². The molecule has 2 aromatic carbocycles. The minimum atomic E-state index is -4.80. The van der Waals surface area contributed by atoms with Gasteiger partial charge in [0.1, 0.15) is 5.75 Å². The van der Waals surface area contributed by atoms with Gasteiger partial charge in [-0.25, -0.2) is 4.79 Å². The van der Waals surface area contributed by atoms with Crippen LogP contribution < -0.4 is 26.4 Å². The van der Waals surface area contributed by atoms with Gasteiger partial charge in [-0.05, 0) is 75.2 Å². The third-order valence-corrected chi connectivity index (χ3v) is 7.81. The molecule has 13 heteroatoms. The van der Waals surface area contributed by atoms with Gasteiger partial charge < -0.3 is 36.1 Å². The van der Waals surface area contributed by atoms with E-state index in [4.69, 9.17) is 10.5 Å². The van der Waals surface area contributed by atoms with Gasteiger partial charge in [0.2, 0.25) is 5.91 Å². The van der Waals surface area contributed by atoms with E-state index < -0.39 is 11.9 Å². The number of ether oxygens (including phenoxy) is 2. The molecule has 2 aromatic rings. The third-order valence-electron chi connectivity index (χ3n) is 7.81. The van der Waals surface area contributed by atoms with Crippen molar-refractivity contribution in [1.29, 1.82) is 0 Å². The lowest BCUT2D eigenvalue weighted by Crippen LogP contribution is -2.48. The van der Waals surface area contributed by atoms with E-state index >= 15 is 0 Å². The van der Waals surface area contributed by atoms with Crippen LogP contribution in [0.4, 0.5) is 23.7 Å². The number of hydrogen-bond acceptors (Lipinski definition) is 6. The number of halogens is 3. The molecule has 260 valence electrons. The molecule has 0 atom stereocenters. The predicted molar refractivity (Wildman–Crippen MR) is 174 cm³/mol. The summed E-state index contributed by atoms with van der Waals surface area (Å²) in [5.41, 5.74) is 6.58. The summed E-state index contributed by atoms with van der Waals surface area (Å²) in [5, 5.41) is 8.49. The molecule has 0 radical (unpaired) electrons. The molecule has 0 bridgehead atoms. The number of carbonyl (C=O) groups excluding carboxylic acids is 3. The van der Waals surface area contributed by atoms with Crippen LogP contribution in [0.25, 0.3) is 0 Å². The Morgan fingerprint density at radius 2 is 1.55 bits per heavy atom. The summed E-state index contributed by atoms with van der Waals surface area (Å²) < 4.78 is 47.2. The lowest BCUT2D eigenvalue weighted by molar-refractivity contribution is -0.274. The fourth-order valence-corrected chi connectivity index (χ4v) is 5.16. The molecule has 0 spiro atoms. The van der Waals surface area contributed by atoms with E-state index in [1.165, 1.54) is 12.1 Å². The molecule has 47 heavy (non-hydrogen) atoms. The summed E-state index contributed by atoms with van der Waals surface area (Å²) in [7, 11) is 0. The van der Waals surface area contributed by atoms with Gasteiger partial charge in [-0.15, -0.1) is 13.2 Å². The van der Waals surface area contributed by atoms with Gasteiger partial charge in [-0.2, -0.15) is 0 Å². The van der Waals surface area contributed by atoms with Crippen molar-refractivity contribution in [2.45, 2.75) is 90.7 Å². The number of carbonyl (C=O) groups is 3. The lowest BCUT2D eigenvalue weighted by atomic mass is 9.94. The van der Waals surface area contributed by atoms with Crippen LogP contribution in [-0.4, -0.2) is 67.0 Å². The van der Waals surface area contributed by atoms with E-state index in [1.807, 2.05) is 27.7 Å². The monoisotopic (exact) mass is 663 g/mol. The standard InChI is InChI=1S/C34H48F3N5O5/c1-32(2,21-38)22-46-23-33(3,4)41-29(43)18-19-39-30(44)25-12-10-24(11-13-25)20-42(27-8-6-5-7-9-27)31(45)40-26-14-16-28(17-15-26)47-34(35,36)37/h10-17,27H,5-9,18-23,38H2,1-4H3,(H,39,44)(H,40,45)(H,41,43). The first-order valence-corrected chi connectivity index (χ1v) is 16.0. The van der Waals surface area contributed by atoms with Gasteiger partial charge in [0.05, 0.1) is 18.8 Å². The van der Waals surface area contributed by atoms with Crippen molar-refractivity contribution in [3.63, 3.8) is 0 Å². The number of nitrogens with one attached hydrogen (secondary N) is 3. The number of amides is 4. The molecular weight excluding hydrogens is 615 g/mol. The number of nitrogens with two attached hydrogens (primary N) is 1. The quantitative estimate of drug-likeness (QED) is 0.186. The maximum atomic E-state index is 13.4. The maximum Gasteiger partial charge on any atom is 0.573 e. The molecule has 0 aromatic heterocycles. The van der Waals surface area contributed by atoms with Gasteiger partial charge in [0.25, 0.3) is 5.91 Å². The number of nitrogens with zero attached hydrogens (tertiary/aromatic N) is 1. The predicted octanol–water partition coefficient (Wildman–Crippen LogP) is 5.97. The van der Waals surface area contributed by atoms with Crippen molar-refractivity contribution in [3.05, 3.63) is 59.7 Å². The summed E-state index contributed by atoms with van der Waals surface area (Å²) in [6.45, 7) is 9.50. The SMILES string of the molecule is CC(C)(CN)COCC(C)(C)NC(=O)CCNC(=O)c1ccc(CN(C(=O)Nc2ccc(OC(F)(F)F)cc2)C2CCCCC2)cc1. The molecule has 3 rings (SSSR count). The van der Waals surface area contributed by atoms with Crippen LogP contribution in [0.5, 0.6) is 5.75 Å². The Morgan fingerprint density at radius 3 is 2.15 bits per heavy atom. The van der Waals surface area contributed by atoms with Crippen LogP contribution >= 0.6 is 0 Å². The second kappa shape index (κ2) is 16.8. The summed E-state index contributed by atoms with van der Waals surface area (Å²) in [6.07, 6.45) is 0.0718. The molecule has 1 aliphatic rings. The fraction of sp³-hybridized carbons (Fsp3) is 0.559. The Morgan fingerprint density at radius 1 is 0.915 bits per heavy atom. The van der Waals surface area contributed by atoms with Crippen LogP contribution in [-0.2, 0) is 16.1 Å². The van der Waals surface area contributed by atoms with E-state index in [0.29, 0.717) is 31.0 Å². The summed E-state index contributed by atoms with van der Waals surface area (Å²) in [6, 6.07) is 11.5. The second-order valence-corrected chi connectivity index (χ2v) is 13.4. The van der Waals surface area contributed by atoms with E-state index in [2.05, 4.69) is 20.7 Å². The lowest BCUT2D eigenvalue weighted by Gasteiger charge is -2.34. The van der Waals surface area contributed by atoms with Gasteiger partial charge in [-0.3, -0.25) is 9.59 Å². The normalized spacial score (nSPS) is 14.3. The van der Waals surface area contributed by atoms with Crippen LogP contribution in [0.3, 0.4) is 0 Å². The molecule has 1 aliphatic carbocycles. The van der Waals surface area contributed by atoms with Crippen LogP contribution in [0.1, 0.15) is 82.1 Å². The smallest absolute Gasteiger partial charge is 0.406 e. The zero-order valence-electron chi connectivity index (χ0n) is 27.7. The summed E-state index contributed by atoms with van der Waals surface area (Å²) >= 11 is 0. The first-order valence-electron chi connectivity index (χ1n) is 16.0. The zero-order chi connectivity index (χ0) is 34.7. The first-order chi connectivity index (χ1) is 22.1. The van der Waals surface area contributed by atoms with E-state index in [0.717, 1.165) is 49.8 Å². The number of benzene rings is 2. The molecule has 5 N–H and O–H groups in total. The molecule has 0 saturated heterocycles. The Bertz CT molecular complexity index is 1310. The first kappa shape index (κ1) is 37.6. The largest absolute Gasteiger partial charge is 0.573 e. The molecule has 1 saturated carbocycles. The highest BCUT2D eigenvalue weighted by molar-refractivity contribution is 5.94. The molecule has 0 heterocycles. The molecule has 10 nitrogen and oxygen atoms in total. The van der Waals surface area contributed by atoms with Gasteiger partial charge >= 0.3 is 12.4 Å². The highest BCUT2D eigenvalue weighted by atomic mass is 19.4. The van der Waals surface area contributed by atoms with Crippen LogP contribution in [0.15, 0.2) is 48.5 Å². The number of alkyl halides is 3. The van der Waals surface area contributed by atoms with Gasteiger partial charge in [0, 0.05) is 42.2 Å². The third kappa shape index (κ3) is 13.4. The van der Waals surface area contributed by atoms with Crippen molar-refractivity contribution in [1.82, 2.24) is 15.5 Å². The molecular formula is C34H48F3N5O5. The highest BCUT2D eigenvalue weighted by Gasteiger charge is 2.31. The van der Waals surface area contributed by atoms with Crippen LogP contribution in [0.2, 0.25) is 0 Å². The fourth-order valence-electron chi connectivity index (χ4n) is 5.16. The number of hydrogen-bond donors (Lipinski definition) is 4. The Balaban J connectivity index is 1.52. The molecule has 0 unspecified atom stereocenters. The van der Waals surface area contributed by atoms with Crippen LogP contribution in [0, 0.1) is 5.41 Å². The van der Waals surface area contributed by atoms with Gasteiger partial charge in [0.15, 0.2) is 0 Å². The minimum Gasteiger partial charge on any atom is -0.406 e. The summed E-state index contributed by atoms with van der Waals surface area (Å²) in [5.74, 6) is -0.908. The van der Waals surface area contributed by atoms with E-state index in [9.17, 15) is 27.6 Å². The molecule has 1 fully saturated rings. The van der Waals surface area contributed by atoms with E-state index in [1.54, 1.807) is 29.2 Å². The van der Waals surface area contributed by atoms with Crippen molar-refractivity contribution < 1.29 is 37.0 Å². The number of urea groups is 1. The van der Waals surface area contributed by atoms with Crippen molar-refractivity contribution in [3.8, 4) is 5.75 Å². The number of rotatable bonds is 15. The molecule has 0 aliphatic heterocycles. The average Bonchev–Trinajstić information content (AvgIpc) is 3.00. The minimum absolute atomic E-state index is 0.0000302. The maximum absolute atomic E-state index is 13.4. The van der Waals surface area contributed by atoms with Crippen molar-refractivity contribution >= 4 is 23.5 Å². The highest BCUT2D eigenvalue weighted by Crippen LogP contribution is 2.27. The van der Waals surface area contributed by atoms with E-state index in [-0.39, 0.29) is 54.6 Å². The molecule has 4 amide bonds. The van der Waals surface area contributed by atoms with Crippen molar-refractivity contribution in [2.24, 2.45) is 11.1 Å². The Kier molecular flexibility index (Phi) is 13.5.